The highest BCUT2D eigenvalue weighted by Gasteiger charge is 2.67. The second-order valence-corrected chi connectivity index (χ2v) is 13.1. The van der Waals surface area contributed by atoms with E-state index >= 15 is 0 Å². The van der Waals surface area contributed by atoms with Gasteiger partial charge in [0, 0.05) is 16.7 Å². The van der Waals surface area contributed by atoms with Crippen molar-refractivity contribution in [3.8, 4) is 11.1 Å². The van der Waals surface area contributed by atoms with Crippen LogP contribution in [0.3, 0.4) is 0 Å². The Bertz CT molecular complexity index is 1410. The first-order valence-electron chi connectivity index (χ1n) is 13.9. The van der Waals surface area contributed by atoms with Crippen LogP contribution in [-0.4, -0.2) is 4.86 Å². The van der Waals surface area contributed by atoms with Crippen LogP contribution in [0.1, 0.15) is 81.2 Å². The van der Waals surface area contributed by atoms with Crippen molar-refractivity contribution in [3.63, 3.8) is 0 Å². The van der Waals surface area contributed by atoms with Gasteiger partial charge >= 0.3 is 0 Å². The standard InChI is InChI=1S/C36H42S/c1-10-26-13-11-23(6)16-29(26)28-14-12-24(7)33-25(8)34-27(17-30(28)33)19-35(9,18-22(4)5)36(20-31(34)36)32(37)15-21(2)3/h11-14,16,27H,2,4,8,10,15,17-20H2,1,3,5-7,9H3. The highest BCUT2D eigenvalue weighted by Crippen LogP contribution is 2.74. The van der Waals surface area contributed by atoms with E-state index in [0.29, 0.717) is 5.92 Å². The molecular weight excluding hydrogens is 464 g/mol. The molecule has 0 saturated heterocycles. The Morgan fingerprint density at radius 2 is 1.78 bits per heavy atom. The zero-order valence-electron chi connectivity index (χ0n) is 23.7. The molecule has 3 atom stereocenters. The second-order valence-electron chi connectivity index (χ2n) is 12.6. The molecule has 5 rings (SSSR count). The molecule has 192 valence electrons. The minimum Gasteiger partial charge on any atom is -0.100 e. The third-order valence-electron chi connectivity index (χ3n) is 9.46. The summed E-state index contributed by atoms with van der Waals surface area (Å²) in [5.74, 6) is 0.484. The van der Waals surface area contributed by atoms with E-state index in [1.807, 2.05) is 0 Å². The maximum atomic E-state index is 6.21. The number of aryl methyl sites for hydroxylation is 3. The van der Waals surface area contributed by atoms with Crippen LogP contribution in [0.5, 0.6) is 0 Å². The van der Waals surface area contributed by atoms with E-state index in [1.165, 1.54) is 60.5 Å². The molecule has 0 radical (unpaired) electrons. The summed E-state index contributed by atoms with van der Waals surface area (Å²) in [4.78, 5) is 1.18. The van der Waals surface area contributed by atoms with Gasteiger partial charge in [-0.25, -0.2) is 0 Å². The van der Waals surface area contributed by atoms with Crippen LogP contribution in [0.25, 0.3) is 16.7 Å². The highest BCUT2D eigenvalue weighted by atomic mass is 32.1. The van der Waals surface area contributed by atoms with E-state index in [1.54, 1.807) is 5.57 Å². The van der Waals surface area contributed by atoms with E-state index in [9.17, 15) is 0 Å². The summed E-state index contributed by atoms with van der Waals surface area (Å²) in [7, 11) is 0. The molecule has 1 fully saturated rings. The molecule has 1 heteroatoms. The number of benzene rings is 2. The van der Waals surface area contributed by atoms with Crippen LogP contribution in [-0.2, 0) is 12.8 Å². The molecule has 0 amide bonds. The Balaban J connectivity index is 1.70. The van der Waals surface area contributed by atoms with E-state index in [-0.39, 0.29) is 10.8 Å². The van der Waals surface area contributed by atoms with Crippen molar-refractivity contribution in [3.05, 3.63) is 100 Å². The molecule has 3 aliphatic carbocycles. The van der Waals surface area contributed by atoms with E-state index in [2.05, 4.69) is 85.0 Å². The third-order valence-corrected chi connectivity index (χ3v) is 9.95. The summed E-state index contributed by atoms with van der Waals surface area (Å²) in [5, 5.41) is 0. The monoisotopic (exact) mass is 506 g/mol. The largest absolute Gasteiger partial charge is 0.100 e. The summed E-state index contributed by atoms with van der Waals surface area (Å²) >= 11 is 6.21. The molecule has 3 unspecified atom stereocenters. The number of allylic oxidation sites excluding steroid dienone is 5. The predicted molar refractivity (Wildman–Crippen MR) is 165 cm³/mol. The number of hydrogen-bond donors (Lipinski definition) is 0. The van der Waals surface area contributed by atoms with Crippen LogP contribution in [0, 0.1) is 30.6 Å². The van der Waals surface area contributed by atoms with Crippen molar-refractivity contribution in [1.82, 2.24) is 0 Å². The van der Waals surface area contributed by atoms with Gasteiger partial charge in [0.05, 0.1) is 0 Å². The first-order chi connectivity index (χ1) is 17.4. The number of hydrogen-bond acceptors (Lipinski definition) is 1. The SMILES string of the molecule is C=C(C)CC(=S)C12CC1=C1C(=C)c3c(C)ccc(-c4cc(C)ccc4CC)c3CC1CC2(C)CC(=C)C. The van der Waals surface area contributed by atoms with Gasteiger partial charge in [0.1, 0.15) is 0 Å². The van der Waals surface area contributed by atoms with Gasteiger partial charge in [-0.1, -0.05) is 91.8 Å². The van der Waals surface area contributed by atoms with E-state index in [0.717, 1.165) is 44.1 Å². The first-order valence-corrected chi connectivity index (χ1v) is 14.3. The molecule has 3 aliphatic rings. The Morgan fingerprint density at radius 3 is 2.43 bits per heavy atom. The summed E-state index contributed by atoms with van der Waals surface area (Å²) in [6, 6.07) is 11.6. The maximum absolute atomic E-state index is 6.21. The van der Waals surface area contributed by atoms with Crippen LogP contribution in [0.2, 0.25) is 0 Å². The molecule has 0 nitrogen and oxygen atoms in total. The van der Waals surface area contributed by atoms with Gasteiger partial charge in [-0.2, -0.15) is 0 Å². The minimum atomic E-state index is -0.00997. The molecular formula is C36H42S. The Hall–Kier alpha value is -2.51. The molecule has 0 aliphatic heterocycles. The van der Waals surface area contributed by atoms with Crippen LogP contribution < -0.4 is 0 Å². The molecule has 37 heavy (non-hydrogen) atoms. The summed E-state index contributed by atoms with van der Waals surface area (Å²) in [6.07, 6.45) is 6.19. The zero-order valence-corrected chi connectivity index (χ0v) is 24.6. The van der Waals surface area contributed by atoms with Crippen LogP contribution >= 0.6 is 12.2 Å². The molecule has 2 aromatic carbocycles. The maximum Gasteiger partial charge on any atom is 0.0329 e. The van der Waals surface area contributed by atoms with E-state index < -0.39 is 0 Å². The fourth-order valence-corrected chi connectivity index (χ4v) is 8.68. The van der Waals surface area contributed by atoms with Gasteiger partial charge in [-0.15, -0.1) is 6.58 Å². The van der Waals surface area contributed by atoms with Crippen molar-refractivity contribution < 1.29 is 0 Å². The number of rotatable bonds is 7. The van der Waals surface area contributed by atoms with Gasteiger partial charge in [-0.3, -0.25) is 0 Å². The molecule has 1 saturated carbocycles. The van der Waals surface area contributed by atoms with Gasteiger partial charge in [-0.05, 0) is 116 Å². The van der Waals surface area contributed by atoms with Gasteiger partial charge < -0.3 is 0 Å². The van der Waals surface area contributed by atoms with Crippen LogP contribution in [0.4, 0.5) is 0 Å². The average Bonchev–Trinajstić information content (AvgIpc) is 3.56. The summed E-state index contributed by atoms with van der Waals surface area (Å²) in [6.45, 7) is 26.9. The lowest BCUT2D eigenvalue weighted by atomic mass is 9.56. The van der Waals surface area contributed by atoms with Crippen molar-refractivity contribution in [2.75, 3.05) is 0 Å². The first kappa shape index (κ1) is 26.1. The molecule has 2 aromatic rings. The lowest BCUT2D eigenvalue weighted by Gasteiger charge is -2.47. The van der Waals surface area contributed by atoms with Gasteiger partial charge in [0.2, 0.25) is 0 Å². The van der Waals surface area contributed by atoms with Gasteiger partial charge in [0.25, 0.3) is 0 Å². The minimum absolute atomic E-state index is 0.00997. The van der Waals surface area contributed by atoms with Crippen molar-refractivity contribution >= 4 is 22.7 Å². The molecule has 0 aromatic heterocycles. The molecule has 0 N–H and O–H groups in total. The molecule has 0 spiro atoms. The predicted octanol–water partition coefficient (Wildman–Crippen LogP) is 10.1. The summed E-state index contributed by atoms with van der Waals surface area (Å²) < 4.78 is 0. The molecule has 0 bridgehead atoms. The lowest BCUT2D eigenvalue weighted by molar-refractivity contribution is 0.173. The Kier molecular flexibility index (Phi) is 6.39. The zero-order chi connectivity index (χ0) is 26.9. The highest BCUT2D eigenvalue weighted by molar-refractivity contribution is 7.80. The van der Waals surface area contributed by atoms with Crippen LogP contribution in [0.15, 0.2) is 72.4 Å². The average molecular weight is 507 g/mol. The summed E-state index contributed by atoms with van der Waals surface area (Å²) in [5.41, 5.74) is 16.6. The number of thiocarbonyl (C=S) groups is 1. The fourth-order valence-electron chi connectivity index (χ4n) is 7.99. The number of fused-ring (bicyclic) bond motifs is 3. The van der Waals surface area contributed by atoms with Crippen molar-refractivity contribution in [2.45, 2.75) is 80.1 Å². The topological polar surface area (TPSA) is 0 Å². The Morgan fingerprint density at radius 1 is 1.05 bits per heavy atom. The van der Waals surface area contributed by atoms with Crippen molar-refractivity contribution in [2.24, 2.45) is 16.7 Å². The Labute approximate surface area is 230 Å². The second kappa shape index (κ2) is 9.05. The lowest BCUT2D eigenvalue weighted by Crippen LogP contribution is -2.41. The van der Waals surface area contributed by atoms with Gasteiger partial charge in [0.15, 0.2) is 0 Å². The normalized spacial score (nSPS) is 25.8. The quantitative estimate of drug-likeness (QED) is 0.266. The van der Waals surface area contributed by atoms with E-state index in [4.69, 9.17) is 18.8 Å². The smallest absolute Gasteiger partial charge is 0.0329 e. The van der Waals surface area contributed by atoms with Crippen molar-refractivity contribution in [1.29, 1.82) is 0 Å². The molecule has 0 heterocycles. The third kappa shape index (κ3) is 3.97. The fraction of sp³-hybridized carbons (Fsp3) is 0.417.